The van der Waals surface area contributed by atoms with Gasteiger partial charge in [-0.25, -0.2) is 0 Å². The van der Waals surface area contributed by atoms with E-state index in [1.54, 1.807) is 0 Å². The van der Waals surface area contributed by atoms with E-state index in [-0.39, 0.29) is 11.0 Å². The van der Waals surface area contributed by atoms with E-state index in [0.717, 1.165) is 39.5 Å². The fourth-order valence-electron chi connectivity index (χ4n) is 3.43. The number of hydrogen-bond donors (Lipinski definition) is 1. The van der Waals surface area contributed by atoms with Crippen molar-refractivity contribution in [1.82, 2.24) is 10.2 Å². The Labute approximate surface area is 130 Å². The van der Waals surface area contributed by atoms with Gasteiger partial charge in [0.15, 0.2) is 0 Å². The van der Waals surface area contributed by atoms with Crippen molar-refractivity contribution in [3.05, 3.63) is 0 Å². The van der Waals surface area contributed by atoms with E-state index in [1.165, 1.54) is 25.8 Å². The number of nitrogens with zero attached hydrogens (tertiary/aromatic N) is 1. The van der Waals surface area contributed by atoms with E-state index < -0.39 is 0 Å². The molecule has 2 saturated heterocycles. The number of hydrogen-bond acceptors (Lipinski definition) is 4. The van der Waals surface area contributed by atoms with Gasteiger partial charge in [-0.2, -0.15) is 0 Å². The van der Waals surface area contributed by atoms with Crippen molar-refractivity contribution in [2.45, 2.75) is 58.6 Å². The quantitative estimate of drug-likeness (QED) is 0.816. The number of nitrogens with one attached hydrogen (secondary N) is 1. The summed E-state index contributed by atoms with van der Waals surface area (Å²) in [6, 6.07) is 0. The monoisotopic (exact) mass is 298 g/mol. The molecule has 4 heteroatoms. The third-order valence-corrected chi connectivity index (χ3v) is 4.60. The minimum absolute atomic E-state index is 0.172. The van der Waals surface area contributed by atoms with Gasteiger partial charge in [-0.1, -0.05) is 0 Å². The zero-order chi connectivity index (χ0) is 15.3. The largest absolute Gasteiger partial charge is 0.381 e. The van der Waals surface area contributed by atoms with Gasteiger partial charge in [-0.05, 0) is 53.5 Å². The van der Waals surface area contributed by atoms with Crippen LogP contribution in [0.5, 0.6) is 0 Å². The molecule has 0 aromatic heterocycles. The fourth-order valence-corrected chi connectivity index (χ4v) is 3.43. The fraction of sp³-hybridized carbons (Fsp3) is 1.00. The van der Waals surface area contributed by atoms with Crippen molar-refractivity contribution in [2.75, 3.05) is 46.0 Å². The van der Waals surface area contributed by atoms with Crippen LogP contribution in [-0.2, 0) is 9.47 Å². The van der Waals surface area contributed by atoms with Gasteiger partial charge >= 0.3 is 0 Å². The molecule has 2 fully saturated rings. The van der Waals surface area contributed by atoms with Gasteiger partial charge in [0.1, 0.15) is 0 Å². The lowest BCUT2D eigenvalue weighted by Gasteiger charge is -2.40. The van der Waals surface area contributed by atoms with Crippen molar-refractivity contribution in [2.24, 2.45) is 5.41 Å². The third-order valence-electron chi connectivity index (χ3n) is 4.60. The standard InChI is InChI=1S/C17H34N2O2/c1-5-21-15-7-6-9-19(11-15)13-17(8-10-20-14-17)12-18-16(2,3)4/h15,18H,5-14H2,1-4H3. The summed E-state index contributed by atoms with van der Waals surface area (Å²) in [4.78, 5) is 2.60. The molecule has 0 amide bonds. The number of piperidine rings is 1. The second kappa shape index (κ2) is 7.40. The Morgan fingerprint density at radius 3 is 2.81 bits per heavy atom. The highest BCUT2D eigenvalue weighted by molar-refractivity contribution is 4.91. The molecule has 1 N–H and O–H groups in total. The molecule has 2 atom stereocenters. The van der Waals surface area contributed by atoms with Crippen LogP contribution in [0.2, 0.25) is 0 Å². The van der Waals surface area contributed by atoms with Gasteiger partial charge in [-0.3, -0.25) is 0 Å². The van der Waals surface area contributed by atoms with Crippen LogP contribution in [-0.4, -0.2) is 62.5 Å². The van der Waals surface area contributed by atoms with Crippen LogP contribution in [0.15, 0.2) is 0 Å². The predicted octanol–water partition coefficient (Wildman–Crippen LogP) is 2.28. The highest BCUT2D eigenvalue weighted by Gasteiger charge is 2.38. The number of likely N-dealkylation sites (tertiary alicyclic amines) is 1. The average Bonchev–Trinajstić information content (AvgIpc) is 2.86. The molecular formula is C17H34N2O2. The molecule has 0 spiro atoms. The van der Waals surface area contributed by atoms with Gasteiger partial charge < -0.3 is 19.7 Å². The Hall–Kier alpha value is -0.160. The summed E-state index contributed by atoms with van der Waals surface area (Å²) in [6.45, 7) is 15.9. The molecule has 124 valence electrons. The molecule has 2 unspecified atom stereocenters. The lowest BCUT2D eigenvalue weighted by atomic mass is 9.85. The molecule has 0 aromatic carbocycles. The SMILES string of the molecule is CCOC1CCCN(CC2(CNC(C)(C)C)CCOC2)C1. The Kier molecular flexibility index (Phi) is 6.06. The average molecular weight is 298 g/mol. The van der Waals surface area contributed by atoms with Crippen LogP contribution in [0.1, 0.15) is 47.0 Å². The number of rotatable bonds is 6. The molecule has 0 aliphatic carbocycles. The molecule has 0 saturated carbocycles. The van der Waals surface area contributed by atoms with Crippen molar-refractivity contribution in [3.63, 3.8) is 0 Å². The first-order valence-electron chi connectivity index (χ1n) is 8.59. The lowest BCUT2D eigenvalue weighted by Crippen LogP contribution is -2.51. The first kappa shape index (κ1) is 17.2. The van der Waals surface area contributed by atoms with Crippen LogP contribution in [0.4, 0.5) is 0 Å². The van der Waals surface area contributed by atoms with Crippen LogP contribution in [0.3, 0.4) is 0 Å². The highest BCUT2D eigenvalue weighted by atomic mass is 16.5. The maximum atomic E-state index is 5.84. The third kappa shape index (κ3) is 5.51. The van der Waals surface area contributed by atoms with Crippen molar-refractivity contribution in [3.8, 4) is 0 Å². The van der Waals surface area contributed by atoms with E-state index in [0.29, 0.717) is 6.10 Å². The van der Waals surface area contributed by atoms with E-state index in [2.05, 4.69) is 37.9 Å². The van der Waals surface area contributed by atoms with Crippen LogP contribution in [0.25, 0.3) is 0 Å². The maximum absolute atomic E-state index is 5.84. The van der Waals surface area contributed by atoms with Crippen molar-refractivity contribution in [1.29, 1.82) is 0 Å². The first-order valence-corrected chi connectivity index (χ1v) is 8.59. The summed E-state index contributed by atoms with van der Waals surface area (Å²) >= 11 is 0. The maximum Gasteiger partial charge on any atom is 0.0702 e. The minimum Gasteiger partial charge on any atom is -0.381 e. The molecule has 2 heterocycles. The highest BCUT2D eigenvalue weighted by Crippen LogP contribution is 2.31. The molecule has 0 bridgehead atoms. The summed E-state index contributed by atoms with van der Waals surface area (Å²) in [5.41, 5.74) is 0.451. The first-order chi connectivity index (χ1) is 9.92. The molecule has 2 aliphatic heterocycles. The van der Waals surface area contributed by atoms with Crippen molar-refractivity contribution < 1.29 is 9.47 Å². The predicted molar refractivity (Wildman–Crippen MR) is 86.7 cm³/mol. The van der Waals surface area contributed by atoms with E-state index in [4.69, 9.17) is 9.47 Å². The van der Waals surface area contributed by atoms with Gasteiger partial charge in [-0.15, -0.1) is 0 Å². The number of ether oxygens (including phenoxy) is 2. The normalized spacial score (nSPS) is 31.7. The second-order valence-corrected chi connectivity index (χ2v) is 7.86. The van der Waals surface area contributed by atoms with E-state index in [1.807, 2.05) is 0 Å². The zero-order valence-corrected chi connectivity index (χ0v) is 14.4. The van der Waals surface area contributed by atoms with Gasteiger partial charge in [0.05, 0.1) is 12.7 Å². The van der Waals surface area contributed by atoms with Crippen LogP contribution >= 0.6 is 0 Å². The van der Waals surface area contributed by atoms with Crippen LogP contribution < -0.4 is 5.32 Å². The smallest absolute Gasteiger partial charge is 0.0702 e. The Balaban J connectivity index is 1.89. The van der Waals surface area contributed by atoms with Gasteiger partial charge in [0, 0.05) is 43.8 Å². The summed E-state index contributed by atoms with van der Waals surface area (Å²) in [6.07, 6.45) is 4.08. The van der Waals surface area contributed by atoms with Crippen molar-refractivity contribution >= 4 is 0 Å². The topological polar surface area (TPSA) is 33.7 Å². The lowest BCUT2D eigenvalue weighted by molar-refractivity contribution is -0.00878. The molecular weight excluding hydrogens is 264 g/mol. The second-order valence-electron chi connectivity index (χ2n) is 7.86. The Morgan fingerprint density at radius 1 is 1.38 bits per heavy atom. The Morgan fingerprint density at radius 2 is 2.19 bits per heavy atom. The summed E-state index contributed by atoms with van der Waals surface area (Å²) in [7, 11) is 0. The molecule has 2 aliphatic rings. The van der Waals surface area contributed by atoms with Gasteiger partial charge in [0.25, 0.3) is 0 Å². The Bertz CT molecular complexity index is 306. The molecule has 2 rings (SSSR count). The zero-order valence-electron chi connectivity index (χ0n) is 14.4. The molecule has 0 aromatic rings. The van der Waals surface area contributed by atoms with E-state index >= 15 is 0 Å². The minimum atomic E-state index is 0.172. The summed E-state index contributed by atoms with van der Waals surface area (Å²) < 4.78 is 11.6. The molecule has 0 radical (unpaired) electrons. The van der Waals surface area contributed by atoms with E-state index in [9.17, 15) is 0 Å². The van der Waals surface area contributed by atoms with Crippen LogP contribution in [0, 0.1) is 5.41 Å². The van der Waals surface area contributed by atoms with Gasteiger partial charge in [0.2, 0.25) is 0 Å². The molecule has 21 heavy (non-hydrogen) atoms. The summed E-state index contributed by atoms with van der Waals surface area (Å²) in [5.74, 6) is 0. The molecule has 4 nitrogen and oxygen atoms in total. The summed E-state index contributed by atoms with van der Waals surface area (Å²) in [5, 5.41) is 3.69.